The fourth-order valence-electron chi connectivity index (χ4n) is 3.18. The lowest BCUT2D eigenvalue weighted by Crippen LogP contribution is -2.48. The Kier molecular flexibility index (Phi) is 6.16. The van der Waals surface area contributed by atoms with Crippen LogP contribution in [0.2, 0.25) is 0 Å². The van der Waals surface area contributed by atoms with E-state index in [1.54, 1.807) is 12.1 Å². The minimum atomic E-state index is -3.76. The predicted octanol–water partition coefficient (Wildman–Crippen LogP) is 2.91. The Morgan fingerprint density at radius 1 is 1.00 bits per heavy atom. The van der Waals surface area contributed by atoms with E-state index in [4.69, 9.17) is 9.47 Å². The largest absolute Gasteiger partial charge is 0.423 e. The maximum atomic E-state index is 13.0. The van der Waals surface area contributed by atoms with Crippen LogP contribution < -0.4 is 4.74 Å². The van der Waals surface area contributed by atoms with Crippen molar-refractivity contribution < 1.29 is 27.5 Å². The minimum Gasteiger partial charge on any atom is -0.423 e. The van der Waals surface area contributed by atoms with Gasteiger partial charge in [-0.15, -0.1) is 0 Å². The molecular weight excluding hydrogens is 394 g/mol. The molecule has 7 nitrogen and oxygen atoms in total. The minimum absolute atomic E-state index is 0.0279. The second-order valence-corrected chi connectivity index (χ2v) is 9.02. The molecule has 0 amide bonds. The van der Waals surface area contributed by atoms with Crippen LogP contribution in [0, 0.1) is 0 Å². The molecule has 0 N–H and O–H groups in total. The monoisotopic (exact) mass is 417 g/mol. The molecule has 0 aliphatic carbocycles. The maximum absolute atomic E-state index is 13.0. The number of ketones is 1. The fraction of sp³-hybridized carbons (Fsp3) is 0.333. The molecule has 0 aromatic heterocycles. The highest BCUT2D eigenvalue weighted by Gasteiger charge is 2.32. The maximum Gasteiger partial charge on any atom is 0.343 e. The van der Waals surface area contributed by atoms with Gasteiger partial charge in [-0.2, -0.15) is 4.31 Å². The first-order valence-electron chi connectivity index (χ1n) is 9.25. The lowest BCUT2D eigenvalue weighted by Gasteiger charge is -2.34. The number of carbonyl (C=O) groups excluding carboxylic acids is 2. The van der Waals surface area contributed by atoms with Crippen molar-refractivity contribution in [3.05, 3.63) is 59.7 Å². The third-order valence-corrected chi connectivity index (χ3v) is 6.39. The van der Waals surface area contributed by atoms with Crippen molar-refractivity contribution in [1.82, 2.24) is 4.31 Å². The second kappa shape index (κ2) is 8.44. The highest BCUT2D eigenvalue weighted by atomic mass is 32.2. The van der Waals surface area contributed by atoms with Gasteiger partial charge in [-0.05, 0) is 63.2 Å². The zero-order chi connectivity index (χ0) is 21.2. The van der Waals surface area contributed by atoms with Crippen molar-refractivity contribution in [1.29, 1.82) is 0 Å². The molecular formula is C21H23NO6S. The summed E-state index contributed by atoms with van der Waals surface area (Å²) in [5.41, 5.74) is 0.628. The predicted molar refractivity (Wildman–Crippen MR) is 107 cm³/mol. The van der Waals surface area contributed by atoms with E-state index < -0.39 is 16.0 Å². The molecule has 154 valence electrons. The van der Waals surface area contributed by atoms with Crippen LogP contribution in [0.3, 0.4) is 0 Å². The summed E-state index contributed by atoms with van der Waals surface area (Å²) in [6.45, 7) is 5.60. The molecule has 0 unspecified atom stereocenters. The summed E-state index contributed by atoms with van der Waals surface area (Å²) < 4.78 is 38.3. The normalized spacial score (nSPS) is 20.2. The third-order valence-electron chi connectivity index (χ3n) is 4.57. The van der Waals surface area contributed by atoms with Gasteiger partial charge in [0, 0.05) is 18.7 Å². The average molecular weight is 417 g/mol. The van der Waals surface area contributed by atoms with Gasteiger partial charge in [0.2, 0.25) is 10.0 Å². The van der Waals surface area contributed by atoms with Gasteiger partial charge in [0.15, 0.2) is 5.78 Å². The number of benzene rings is 2. The summed E-state index contributed by atoms with van der Waals surface area (Å²) in [5.74, 6) is -0.502. The van der Waals surface area contributed by atoms with Crippen LogP contribution in [-0.4, -0.2) is 49.8 Å². The molecule has 0 spiro atoms. The van der Waals surface area contributed by atoms with Gasteiger partial charge in [0.1, 0.15) is 5.75 Å². The number of hydrogen-bond acceptors (Lipinski definition) is 6. The molecule has 2 aromatic rings. The summed E-state index contributed by atoms with van der Waals surface area (Å²) in [7, 11) is -3.76. The molecule has 0 radical (unpaired) electrons. The van der Waals surface area contributed by atoms with Crippen molar-refractivity contribution in [2.75, 3.05) is 13.1 Å². The number of Topliss-reactive ketones (excluding diaryl/α,β-unsaturated/α-hetero) is 1. The molecule has 8 heteroatoms. The summed E-state index contributed by atoms with van der Waals surface area (Å²) in [6, 6.07) is 11.9. The first-order chi connectivity index (χ1) is 13.7. The highest BCUT2D eigenvalue weighted by molar-refractivity contribution is 7.89. The van der Waals surface area contributed by atoms with Gasteiger partial charge in [-0.1, -0.05) is 6.07 Å². The Balaban J connectivity index is 1.79. The zero-order valence-electron chi connectivity index (χ0n) is 16.5. The number of morpholine rings is 1. The molecule has 1 aliphatic heterocycles. The molecule has 1 aliphatic rings. The highest BCUT2D eigenvalue weighted by Crippen LogP contribution is 2.23. The molecule has 29 heavy (non-hydrogen) atoms. The van der Waals surface area contributed by atoms with E-state index in [9.17, 15) is 18.0 Å². The fourth-order valence-corrected chi connectivity index (χ4v) is 4.82. The molecule has 0 bridgehead atoms. The molecule has 1 fully saturated rings. The molecule has 0 saturated carbocycles. The van der Waals surface area contributed by atoms with Gasteiger partial charge in [0.05, 0.1) is 22.7 Å². The number of carbonyl (C=O) groups is 2. The standard InChI is InChI=1S/C21H23NO6S/c1-14-12-22(13-15(2)27-14)29(25,26)20-6-4-5-18(11-20)21(24)28-19-9-7-17(8-10-19)16(3)23/h4-11,14-15H,12-13H2,1-3H3/t14-,15+. The van der Waals surface area contributed by atoms with Crippen molar-refractivity contribution in [2.24, 2.45) is 0 Å². The smallest absolute Gasteiger partial charge is 0.343 e. The Labute approximate surface area is 170 Å². The molecule has 2 aromatic carbocycles. The third kappa shape index (κ3) is 4.90. The van der Waals surface area contributed by atoms with Gasteiger partial charge >= 0.3 is 5.97 Å². The average Bonchev–Trinajstić information content (AvgIpc) is 2.67. The Hall–Kier alpha value is -2.55. The SMILES string of the molecule is CC(=O)c1ccc(OC(=O)c2cccc(S(=O)(=O)N3C[C@@H](C)O[C@@H](C)C3)c2)cc1. The quantitative estimate of drug-likeness (QED) is 0.422. The van der Waals surface area contributed by atoms with Crippen molar-refractivity contribution >= 4 is 21.8 Å². The van der Waals surface area contributed by atoms with Crippen LogP contribution in [0.1, 0.15) is 41.5 Å². The summed E-state index contributed by atoms with van der Waals surface area (Å²) in [4.78, 5) is 23.8. The van der Waals surface area contributed by atoms with Crippen molar-refractivity contribution in [3.63, 3.8) is 0 Å². The number of hydrogen-bond donors (Lipinski definition) is 0. The van der Waals surface area contributed by atoms with Gasteiger partial charge < -0.3 is 9.47 Å². The summed E-state index contributed by atoms with van der Waals surface area (Å²) in [5, 5.41) is 0. The topological polar surface area (TPSA) is 90.0 Å². The number of sulfonamides is 1. The van der Waals surface area contributed by atoms with Crippen LogP contribution in [-0.2, 0) is 14.8 Å². The van der Waals surface area contributed by atoms with E-state index in [1.165, 1.54) is 47.6 Å². The first kappa shape index (κ1) is 21.2. The van der Waals surface area contributed by atoms with Crippen LogP contribution in [0.5, 0.6) is 5.75 Å². The number of esters is 1. The van der Waals surface area contributed by atoms with E-state index in [2.05, 4.69) is 0 Å². The van der Waals surface area contributed by atoms with Gasteiger partial charge in [0.25, 0.3) is 0 Å². The number of ether oxygens (including phenoxy) is 2. The van der Waals surface area contributed by atoms with Crippen LogP contribution in [0.25, 0.3) is 0 Å². The second-order valence-electron chi connectivity index (χ2n) is 7.08. The summed E-state index contributed by atoms with van der Waals surface area (Å²) >= 11 is 0. The van der Waals surface area contributed by atoms with Crippen LogP contribution in [0.15, 0.2) is 53.4 Å². The van der Waals surface area contributed by atoms with E-state index >= 15 is 0 Å². The number of rotatable bonds is 5. The Morgan fingerprint density at radius 2 is 1.62 bits per heavy atom. The van der Waals surface area contributed by atoms with Gasteiger partial charge in [-0.25, -0.2) is 13.2 Å². The molecule has 2 atom stereocenters. The molecule has 1 heterocycles. The molecule has 3 rings (SSSR count). The van der Waals surface area contributed by atoms with Crippen LogP contribution >= 0.6 is 0 Å². The van der Waals surface area contributed by atoms with Crippen LogP contribution in [0.4, 0.5) is 0 Å². The Bertz CT molecular complexity index is 1010. The lowest BCUT2D eigenvalue weighted by molar-refractivity contribution is -0.0440. The van der Waals surface area contributed by atoms with E-state index in [0.29, 0.717) is 5.56 Å². The zero-order valence-corrected chi connectivity index (χ0v) is 17.3. The summed E-state index contributed by atoms with van der Waals surface area (Å²) in [6.07, 6.45) is -0.417. The van der Waals surface area contributed by atoms with E-state index in [1.807, 2.05) is 13.8 Å². The lowest BCUT2D eigenvalue weighted by atomic mass is 10.1. The van der Waals surface area contributed by atoms with E-state index in [0.717, 1.165) is 0 Å². The van der Waals surface area contributed by atoms with Gasteiger partial charge in [-0.3, -0.25) is 4.79 Å². The number of nitrogens with zero attached hydrogens (tertiary/aromatic N) is 1. The first-order valence-corrected chi connectivity index (χ1v) is 10.7. The van der Waals surface area contributed by atoms with Crippen molar-refractivity contribution in [2.45, 2.75) is 37.9 Å². The molecule has 1 saturated heterocycles. The van der Waals surface area contributed by atoms with E-state index in [-0.39, 0.29) is 47.3 Å². The Morgan fingerprint density at radius 3 is 2.21 bits per heavy atom. The van der Waals surface area contributed by atoms with Crippen molar-refractivity contribution in [3.8, 4) is 5.75 Å².